The number of methoxy groups -OCH3 is 1. The second-order valence-corrected chi connectivity index (χ2v) is 2.87. The Balaban J connectivity index is 2.89. The molecule has 75 valence electrons. The molecule has 2 N–H and O–H groups in total. The molecule has 14 heavy (non-hydrogen) atoms. The number of phenolic OH excluding ortho intramolecular Hbond substituents is 1. The van der Waals surface area contributed by atoms with Gasteiger partial charge in [0.1, 0.15) is 5.75 Å². The first kappa shape index (κ1) is 10.5. The van der Waals surface area contributed by atoms with Gasteiger partial charge in [0.2, 0.25) is 0 Å². The molecule has 0 aliphatic carbocycles. The Bertz CT molecular complexity index is 308. The molecular formula is C10H12NO3. The highest BCUT2D eigenvalue weighted by molar-refractivity contribution is 5.78. The third kappa shape index (κ3) is 2.23. The van der Waals surface area contributed by atoms with Crippen molar-refractivity contribution in [2.45, 2.75) is 5.92 Å². The van der Waals surface area contributed by atoms with E-state index >= 15 is 0 Å². The molecule has 0 heterocycles. The fourth-order valence-electron chi connectivity index (χ4n) is 1.19. The summed E-state index contributed by atoms with van der Waals surface area (Å²) in [6.45, 7) is -0.0581. The predicted octanol–water partition coefficient (Wildman–Crippen LogP) is 0.932. The van der Waals surface area contributed by atoms with Crippen LogP contribution < -0.4 is 5.73 Å². The largest absolute Gasteiger partial charge is 0.508 e. The van der Waals surface area contributed by atoms with Crippen molar-refractivity contribution < 1.29 is 14.6 Å². The number of carbonyl (C=O) groups is 1. The monoisotopic (exact) mass is 194 g/mol. The third-order valence-electron chi connectivity index (χ3n) is 1.99. The van der Waals surface area contributed by atoms with Crippen LogP contribution in [0.5, 0.6) is 5.75 Å². The molecule has 1 aromatic carbocycles. The molecule has 1 rings (SSSR count). The number of carbonyl (C=O) groups excluding carboxylic acids is 1. The van der Waals surface area contributed by atoms with Gasteiger partial charge >= 0.3 is 5.97 Å². The molecular weight excluding hydrogens is 182 g/mol. The highest BCUT2D eigenvalue weighted by Gasteiger charge is 2.19. The molecule has 0 bridgehead atoms. The lowest BCUT2D eigenvalue weighted by Gasteiger charge is -2.11. The average Bonchev–Trinajstić information content (AvgIpc) is 2.21. The molecule has 0 spiro atoms. The highest BCUT2D eigenvalue weighted by atomic mass is 16.5. The summed E-state index contributed by atoms with van der Waals surface area (Å²) in [5.41, 5.74) is 7.91. The first-order valence-electron chi connectivity index (χ1n) is 4.20. The van der Waals surface area contributed by atoms with Crippen LogP contribution in [-0.2, 0) is 9.53 Å². The van der Waals surface area contributed by atoms with Gasteiger partial charge < -0.3 is 9.84 Å². The number of hydrogen-bond acceptors (Lipinski definition) is 3. The van der Waals surface area contributed by atoms with E-state index in [2.05, 4.69) is 4.74 Å². The van der Waals surface area contributed by atoms with E-state index in [-0.39, 0.29) is 12.3 Å². The van der Waals surface area contributed by atoms with Gasteiger partial charge in [0.15, 0.2) is 0 Å². The molecule has 4 nitrogen and oxygen atoms in total. The smallest absolute Gasteiger partial charge is 0.314 e. The van der Waals surface area contributed by atoms with Gasteiger partial charge in [-0.25, -0.2) is 0 Å². The molecule has 1 radical (unpaired) electrons. The van der Waals surface area contributed by atoms with Crippen molar-refractivity contribution in [3.05, 3.63) is 29.8 Å². The predicted molar refractivity (Wildman–Crippen MR) is 50.8 cm³/mol. The number of rotatable bonds is 3. The summed E-state index contributed by atoms with van der Waals surface area (Å²) in [7, 11) is 1.30. The molecule has 0 amide bonds. The number of hydrogen-bond donors (Lipinski definition) is 1. The zero-order valence-electron chi connectivity index (χ0n) is 7.86. The summed E-state index contributed by atoms with van der Waals surface area (Å²) in [5, 5.41) is 9.04. The third-order valence-corrected chi connectivity index (χ3v) is 1.99. The Labute approximate surface area is 82.3 Å². The Morgan fingerprint density at radius 3 is 2.50 bits per heavy atom. The van der Waals surface area contributed by atoms with Crippen LogP contribution in [0, 0.1) is 0 Å². The lowest BCUT2D eigenvalue weighted by atomic mass is 9.99. The van der Waals surface area contributed by atoms with Crippen LogP contribution >= 0.6 is 0 Å². The Morgan fingerprint density at radius 1 is 1.50 bits per heavy atom. The fourth-order valence-corrected chi connectivity index (χ4v) is 1.19. The van der Waals surface area contributed by atoms with Crippen molar-refractivity contribution in [1.82, 2.24) is 5.73 Å². The van der Waals surface area contributed by atoms with Crippen molar-refractivity contribution in [3.8, 4) is 5.75 Å². The highest BCUT2D eigenvalue weighted by Crippen LogP contribution is 2.19. The van der Waals surface area contributed by atoms with E-state index in [9.17, 15) is 4.79 Å². The van der Waals surface area contributed by atoms with Crippen molar-refractivity contribution in [3.63, 3.8) is 0 Å². The summed E-state index contributed by atoms with van der Waals surface area (Å²) >= 11 is 0. The van der Waals surface area contributed by atoms with Crippen LogP contribution in [0.4, 0.5) is 0 Å². The summed E-state index contributed by atoms with van der Waals surface area (Å²) in [6.07, 6.45) is 0. The lowest BCUT2D eigenvalue weighted by Crippen LogP contribution is -2.18. The summed E-state index contributed by atoms with van der Waals surface area (Å²) in [6, 6.07) is 6.21. The van der Waals surface area contributed by atoms with Crippen molar-refractivity contribution >= 4 is 5.97 Å². The SMILES string of the molecule is COC(=O)[C@H](C[NH])c1ccc(O)cc1. The van der Waals surface area contributed by atoms with Crippen LogP contribution in [0.15, 0.2) is 24.3 Å². The van der Waals surface area contributed by atoms with E-state index in [0.717, 1.165) is 0 Å². The molecule has 0 saturated heterocycles. The minimum Gasteiger partial charge on any atom is -0.508 e. The Hall–Kier alpha value is -1.55. The summed E-state index contributed by atoms with van der Waals surface area (Å²) < 4.78 is 4.57. The van der Waals surface area contributed by atoms with Crippen LogP contribution in [0.2, 0.25) is 0 Å². The molecule has 0 aliphatic heterocycles. The fraction of sp³-hybridized carbons (Fsp3) is 0.300. The number of aromatic hydroxyl groups is 1. The molecule has 0 saturated carbocycles. The van der Waals surface area contributed by atoms with E-state index in [1.165, 1.54) is 19.2 Å². The number of benzene rings is 1. The molecule has 0 fully saturated rings. The van der Waals surface area contributed by atoms with Crippen molar-refractivity contribution in [2.75, 3.05) is 13.7 Å². The number of phenols is 1. The maximum absolute atomic E-state index is 11.2. The molecule has 0 unspecified atom stereocenters. The molecule has 1 aromatic rings. The van der Waals surface area contributed by atoms with E-state index in [0.29, 0.717) is 5.56 Å². The number of nitrogens with one attached hydrogen (secondary N) is 1. The summed E-state index contributed by atoms with van der Waals surface area (Å²) in [5.74, 6) is -0.853. The van der Waals surface area contributed by atoms with Crippen LogP contribution in [-0.4, -0.2) is 24.7 Å². The minimum atomic E-state index is -0.569. The summed E-state index contributed by atoms with van der Waals surface area (Å²) in [4.78, 5) is 11.2. The van der Waals surface area contributed by atoms with E-state index in [1.54, 1.807) is 12.1 Å². The average molecular weight is 194 g/mol. The molecule has 1 atom stereocenters. The van der Waals surface area contributed by atoms with Gasteiger partial charge in [-0.05, 0) is 17.7 Å². The second kappa shape index (κ2) is 4.62. The minimum absolute atomic E-state index is 0.0581. The molecule has 0 aliphatic rings. The maximum Gasteiger partial charge on any atom is 0.314 e. The first-order valence-corrected chi connectivity index (χ1v) is 4.20. The van der Waals surface area contributed by atoms with Gasteiger partial charge in [-0.2, -0.15) is 0 Å². The number of esters is 1. The van der Waals surface area contributed by atoms with E-state index in [1.807, 2.05) is 0 Å². The standard InChI is InChI=1S/C10H12NO3/c1-14-10(13)9(6-11)7-2-4-8(12)5-3-7/h2-5,9,11-12H,6H2,1H3/t9-/m1/s1. The lowest BCUT2D eigenvalue weighted by molar-refractivity contribution is -0.142. The van der Waals surface area contributed by atoms with Gasteiger partial charge in [-0.15, -0.1) is 0 Å². The molecule has 0 aromatic heterocycles. The van der Waals surface area contributed by atoms with Crippen molar-refractivity contribution in [2.24, 2.45) is 0 Å². The number of ether oxygens (including phenoxy) is 1. The van der Waals surface area contributed by atoms with Gasteiger partial charge in [0.05, 0.1) is 13.0 Å². The zero-order chi connectivity index (χ0) is 10.6. The molecule has 4 heteroatoms. The van der Waals surface area contributed by atoms with Crippen LogP contribution in [0.1, 0.15) is 11.5 Å². The maximum atomic E-state index is 11.2. The van der Waals surface area contributed by atoms with E-state index < -0.39 is 11.9 Å². The second-order valence-electron chi connectivity index (χ2n) is 2.87. The topological polar surface area (TPSA) is 70.3 Å². The van der Waals surface area contributed by atoms with Crippen LogP contribution in [0.25, 0.3) is 0 Å². The van der Waals surface area contributed by atoms with Gasteiger partial charge in [-0.3, -0.25) is 10.5 Å². The zero-order valence-corrected chi connectivity index (χ0v) is 7.86. The van der Waals surface area contributed by atoms with Crippen molar-refractivity contribution in [1.29, 1.82) is 0 Å². The van der Waals surface area contributed by atoms with Gasteiger partial charge in [0.25, 0.3) is 0 Å². The quantitative estimate of drug-likeness (QED) is 0.727. The Kier molecular flexibility index (Phi) is 3.48. The first-order chi connectivity index (χ1) is 6.69. The van der Waals surface area contributed by atoms with Gasteiger partial charge in [0, 0.05) is 6.54 Å². The van der Waals surface area contributed by atoms with Crippen LogP contribution in [0.3, 0.4) is 0 Å². The van der Waals surface area contributed by atoms with E-state index in [4.69, 9.17) is 10.8 Å². The normalized spacial score (nSPS) is 12.1. The van der Waals surface area contributed by atoms with Gasteiger partial charge in [-0.1, -0.05) is 12.1 Å². The Morgan fingerprint density at radius 2 is 2.07 bits per heavy atom.